The number of carbonyl (C=O) groups is 1. The molecule has 0 aliphatic carbocycles. The number of carboxylic acid groups (broad SMARTS) is 1. The highest BCUT2D eigenvalue weighted by atomic mass is 32.2. The fourth-order valence-electron chi connectivity index (χ4n) is 1.73. The highest BCUT2D eigenvalue weighted by Crippen LogP contribution is 2.34. The first-order chi connectivity index (χ1) is 9.38. The van der Waals surface area contributed by atoms with E-state index in [-0.39, 0.29) is 5.69 Å². The summed E-state index contributed by atoms with van der Waals surface area (Å²) in [6, 6.07) is 8.22. The van der Waals surface area contributed by atoms with Crippen molar-refractivity contribution < 1.29 is 14.3 Å². The van der Waals surface area contributed by atoms with Crippen molar-refractivity contribution in [2.75, 3.05) is 5.73 Å². The summed E-state index contributed by atoms with van der Waals surface area (Å²) in [5.41, 5.74) is 7.95. The fraction of sp³-hybridized carbons (Fsp3) is 0.133. The molecule has 20 heavy (non-hydrogen) atoms. The molecule has 5 heteroatoms. The first kappa shape index (κ1) is 14.4. The molecule has 0 aliphatic heterocycles. The highest BCUT2D eigenvalue weighted by molar-refractivity contribution is 7.99. The summed E-state index contributed by atoms with van der Waals surface area (Å²) in [5, 5.41) is 8.84. The number of rotatable bonds is 3. The average molecular weight is 291 g/mol. The van der Waals surface area contributed by atoms with E-state index in [9.17, 15) is 9.18 Å². The van der Waals surface area contributed by atoms with Crippen molar-refractivity contribution in [1.29, 1.82) is 0 Å². The number of nitrogens with two attached hydrogens (primary N) is 1. The second kappa shape index (κ2) is 5.54. The Hall–Kier alpha value is -2.01. The van der Waals surface area contributed by atoms with Gasteiger partial charge in [-0.05, 0) is 49.2 Å². The lowest BCUT2D eigenvalue weighted by Gasteiger charge is -2.09. The van der Waals surface area contributed by atoms with Crippen LogP contribution in [0.15, 0.2) is 40.1 Å². The van der Waals surface area contributed by atoms with Crippen molar-refractivity contribution in [1.82, 2.24) is 0 Å². The van der Waals surface area contributed by atoms with Crippen LogP contribution in [0, 0.1) is 19.7 Å². The summed E-state index contributed by atoms with van der Waals surface area (Å²) < 4.78 is 13.7. The first-order valence-electron chi connectivity index (χ1n) is 5.96. The van der Waals surface area contributed by atoms with E-state index < -0.39 is 17.3 Å². The van der Waals surface area contributed by atoms with Crippen LogP contribution in [0.2, 0.25) is 0 Å². The third-order valence-electron chi connectivity index (χ3n) is 3.04. The van der Waals surface area contributed by atoms with Gasteiger partial charge in [0.05, 0.1) is 5.56 Å². The molecule has 0 radical (unpaired) electrons. The number of halogens is 1. The number of anilines is 1. The van der Waals surface area contributed by atoms with Crippen LogP contribution in [0.1, 0.15) is 21.5 Å². The molecule has 0 heterocycles. The van der Waals surface area contributed by atoms with E-state index in [0.29, 0.717) is 4.90 Å². The van der Waals surface area contributed by atoms with Crippen molar-refractivity contribution in [2.24, 2.45) is 0 Å². The van der Waals surface area contributed by atoms with Crippen LogP contribution in [0.5, 0.6) is 0 Å². The lowest BCUT2D eigenvalue weighted by atomic mass is 10.1. The van der Waals surface area contributed by atoms with E-state index in [1.807, 2.05) is 32.0 Å². The van der Waals surface area contributed by atoms with Crippen LogP contribution >= 0.6 is 11.8 Å². The Bertz CT molecular complexity index is 686. The number of hydrogen-bond acceptors (Lipinski definition) is 3. The van der Waals surface area contributed by atoms with Crippen LogP contribution in [0.4, 0.5) is 10.1 Å². The lowest BCUT2D eigenvalue weighted by molar-refractivity contribution is 0.0692. The number of benzene rings is 2. The van der Waals surface area contributed by atoms with Gasteiger partial charge >= 0.3 is 5.97 Å². The van der Waals surface area contributed by atoms with Gasteiger partial charge in [0.15, 0.2) is 0 Å². The Kier molecular flexibility index (Phi) is 3.99. The van der Waals surface area contributed by atoms with E-state index in [0.717, 1.165) is 16.5 Å². The van der Waals surface area contributed by atoms with Gasteiger partial charge in [0, 0.05) is 15.5 Å². The fourth-order valence-corrected chi connectivity index (χ4v) is 2.69. The number of aromatic carboxylic acids is 1. The molecule has 3 N–H and O–H groups in total. The zero-order valence-electron chi connectivity index (χ0n) is 11.1. The maximum atomic E-state index is 13.7. The highest BCUT2D eigenvalue weighted by Gasteiger charge is 2.14. The SMILES string of the molecule is Cc1ccc(Sc2cc(F)c(C(=O)O)cc2N)cc1C. The minimum absolute atomic E-state index is 0.257. The second-order valence-corrected chi connectivity index (χ2v) is 5.64. The predicted molar refractivity (Wildman–Crippen MR) is 77.8 cm³/mol. The number of hydrogen-bond donors (Lipinski definition) is 2. The molecule has 0 aliphatic rings. The van der Waals surface area contributed by atoms with Crippen LogP contribution in [-0.4, -0.2) is 11.1 Å². The topological polar surface area (TPSA) is 63.3 Å². The zero-order valence-corrected chi connectivity index (χ0v) is 11.9. The molecule has 3 nitrogen and oxygen atoms in total. The summed E-state index contributed by atoms with van der Waals surface area (Å²) in [6.45, 7) is 4.01. The van der Waals surface area contributed by atoms with E-state index in [2.05, 4.69) is 0 Å². The summed E-state index contributed by atoms with van der Waals surface area (Å²) in [7, 11) is 0. The quantitative estimate of drug-likeness (QED) is 0.842. The van der Waals surface area contributed by atoms with Gasteiger partial charge in [0.2, 0.25) is 0 Å². The number of aryl methyl sites for hydroxylation is 2. The Morgan fingerprint density at radius 2 is 1.90 bits per heavy atom. The van der Waals surface area contributed by atoms with Gasteiger partial charge in [-0.2, -0.15) is 0 Å². The van der Waals surface area contributed by atoms with Crippen LogP contribution in [0.3, 0.4) is 0 Å². The third-order valence-corrected chi connectivity index (χ3v) is 4.10. The molecular weight excluding hydrogens is 277 g/mol. The maximum absolute atomic E-state index is 13.7. The minimum atomic E-state index is -1.32. The number of nitrogen functional groups attached to an aromatic ring is 1. The summed E-state index contributed by atoms with van der Waals surface area (Å²) in [6.07, 6.45) is 0. The van der Waals surface area contributed by atoms with Crippen molar-refractivity contribution >= 4 is 23.4 Å². The van der Waals surface area contributed by atoms with Gasteiger partial charge in [0.25, 0.3) is 0 Å². The van der Waals surface area contributed by atoms with Gasteiger partial charge in [-0.3, -0.25) is 0 Å². The molecule has 0 atom stereocenters. The molecule has 104 valence electrons. The van der Waals surface area contributed by atoms with Crippen LogP contribution in [-0.2, 0) is 0 Å². The zero-order chi connectivity index (χ0) is 14.9. The second-order valence-electron chi connectivity index (χ2n) is 4.52. The summed E-state index contributed by atoms with van der Waals surface area (Å²) in [4.78, 5) is 12.3. The molecule has 0 fully saturated rings. The Balaban J connectivity index is 2.36. The first-order valence-corrected chi connectivity index (χ1v) is 6.77. The lowest BCUT2D eigenvalue weighted by Crippen LogP contribution is -2.03. The molecule has 2 aromatic rings. The van der Waals surface area contributed by atoms with Gasteiger partial charge in [-0.1, -0.05) is 17.8 Å². The summed E-state index contributed by atoms with van der Waals surface area (Å²) >= 11 is 1.31. The molecule has 0 saturated heterocycles. The summed E-state index contributed by atoms with van der Waals surface area (Å²) in [5.74, 6) is -2.10. The Morgan fingerprint density at radius 3 is 2.50 bits per heavy atom. The number of carboxylic acids is 1. The Morgan fingerprint density at radius 1 is 1.20 bits per heavy atom. The maximum Gasteiger partial charge on any atom is 0.338 e. The van der Waals surface area contributed by atoms with E-state index in [1.54, 1.807) is 0 Å². The van der Waals surface area contributed by atoms with E-state index in [4.69, 9.17) is 10.8 Å². The molecule has 0 spiro atoms. The Labute approximate surface area is 120 Å². The van der Waals surface area contributed by atoms with Gasteiger partial charge < -0.3 is 10.8 Å². The van der Waals surface area contributed by atoms with Crippen molar-refractivity contribution in [3.05, 3.63) is 52.8 Å². The molecule has 0 saturated carbocycles. The van der Waals surface area contributed by atoms with Crippen molar-refractivity contribution in [3.63, 3.8) is 0 Å². The minimum Gasteiger partial charge on any atom is -0.478 e. The normalized spacial score (nSPS) is 10.6. The van der Waals surface area contributed by atoms with E-state index >= 15 is 0 Å². The largest absolute Gasteiger partial charge is 0.478 e. The molecule has 2 rings (SSSR count). The molecule has 0 unspecified atom stereocenters. The van der Waals surface area contributed by atoms with Crippen LogP contribution in [0.25, 0.3) is 0 Å². The monoisotopic (exact) mass is 291 g/mol. The molecule has 2 aromatic carbocycles. The van der Waals surface area contributed by atoms with Gasteiger partial charge in [-0.15, -0.1) is 0 Å². The van der Waals surface area contributed by atoms with Crippen molar-refractivity contribution in [3.8, 4) is 0 Å². The molecule has 0 aromatic heterocycles. The van der Waals surface area contributed by atoms with E-state index in [1.165, 1.54) is 23.4 Å². The smallest absolute Gasteiger partial charge is 0.338 e. The predicted octanol–water partition coefficient (Wildman–Crippen LogP) is 3.87. The molecular formula is C15H14FNO2S. The molecule has 0 bridgehead atoms. The van der Waals surface area contributed by atoms with Gasteiger partial charge in [-0.25, -0.2) is 9.18 Å². The van der Waals surface area contributed by atoms with Crippen molar-refractivity contribution in [2.45, 2.75) is 23.6 Å². The van der Waals surface area contributed by atoms with Gasteiger partial charge in [0.1, 0.15) is 5.82 Å². The average Bonchev–Trinajstić information content (AvgIpc) is 2.37. The standard InChI is InChI=1S/C15H14FNO2S/c1-8-3-4-10(5-9(8)2)20-14-7-12(16)11(15(18)19)6-13(14)17/h3-7H,17H2,1-2H3,(H,18,19). The third kappa shape index (κ3) is 2.93. The van der Waals surface area contributed by atoms with Crippen LogP contribution < -0.4 is 5.73 Å². The molecule has 0 amide bonds.